The number of ether oxygens (including phenoxy) is 1. The number of carbonyl (C=O) groups excluding carboxylic acids is 1. The number of methoxy groups -OCH3 is 1. The van der Waals surface area contributed by atoms with Crippen molar-refractivity contribution >= 4 is 33.3 Å². The maximum Gasteiger partial charge on any atom is 0.348 e. The van der Waals surface area contributed by atoms with E-state index in [0.717, 1.165) is 46.9 Å². The highest BCUT2D eigenvalue weighted by Gasteiger charge is 2.27. The van der Waals surface area contributed by atoms with E-state index in [2.05, 4.69) is 28.9 Å². The molecule has 7 heteroatoms. The maximum absolute atomic E-state index is 12.0. The molecule has 3 rings (SSSR count). The molecule has 1 saturated heterocycles. The fraction of sp³-hybridized carbons (Fsp3) is 0.588. The molecule has 130 valence electrons. The minimum absolute atomic E-state index is 0.302. The number of aryl methyl sites for hydroxylation is 2. The molecule has 1 aliphatic rings. The summed E-state index contributed by atoms with van der Waals surface area (Å²) in [6, 6.07) is 0.517. The van der Waals surface area contributed by atoms with Crippen molar-refractivity contribution in [1.82, 2.24) is 14.9 Å². The molecule has 1 fully saturated rings. The molecule has 6 nitrogen and oxygen atoms in total. The summed E-state index contributed by atoms with van der Waals surface area (Å²) in [7, 11) is 5.66. The van der Waals surface area contributed by atoms with E-state index < -0.39 is 0 Å². The fourth-order valence-corrected chi connectivity index (χ4v) is 4.45. The molecule has 1 aliphatic heterocycles. The highest BCUT2D eigenvalue weighted by atomic mass is 32.1. The van der Waals surface area contributed by atoms with Crippen molar-refractivity contribution in [2.75, 3.05) is 39.2 Å². The number of esters is 1. The molecular formula is C17H24N4O2S. The third-order valence-corrected chi connectivity index (χ3v) is 5.85. The first kappa shape index (κ1) is 17.1. The molecule has 0 bridgehead atoms. The second kappa shape index (κ2) is 6.64. The molecule has 0 saturated carbocycles. The number of piperidine rings is 1. The monoisotopic (exact) mass is 348 g/mol. The summed E-state index contributed by atoms with van der Waals surface area (Å²) in [5.41, 5.74) is 0.920. The van der Waals surface area contributed by atoms with E-state index in [0.29, 0.717) is 10.9 Å². The standard InChI is InChI=1S/C17H24N4O2S/c1-10-13-15(21-8-6-7-12(9-21)20(3)4)18-11(2)19-16(13)24-14(10)17(22)23-5/h12H,6-9H2,1-5H3. The molecule has 1 atom stereocenters. The van der Waals surface area contributed by atoms with Crippen molar-refractivity contribution in [2.45, 2.75) is 32.7 Å². The van der Waals surface area contributed by atoms with Crippen LogP contribution in [-0.2, 0) is 4.74 Å². The minimum Gasteiger partial charge on any atom is -0.465 e. The van der Waals surface area contributed by atoms with E-state index in [1.807, 2.05) is 13.8 Å². The van der Waals surface area contributed by atoms with E-state index in [-0.39, 0.29) is 5.97 Å². The summed E-state index contributed by atoms with van der Waals surface area (Å²) in [4.78, 5) is 27.4. The van der Waals surface area contributed by atoms with Gasteiger partial charge in [-0.25, -0.2) is 14.8 Å². The van der Waals surface area contributed by atoms with Gasteiger partial charge in [-0.2, -0.15) is 0 Å². The van der Waals surface area contributed by atoms with Crippen LogP contribution in [0.3, 0.4) is 0 Å². The van der Waals surface area contributed by atoms with Crippen molar-refractivity contribution in [2.24, 2.45) is 0 Å². The van der Waals surface area contributed by atoms with Gasteiger partial charge in [0.25, 0.3) is 0 Å². The van der Waals surface area contributed by atoms with Gasteiger partial charge >= 0.3 is 5.97 Å². The third kappa shape index (κ3) is 2.98. The van der Waals surface area contributed by atoms with Crippen molar-refractivity contribution in [3.05, 3.63) is 16.3 Å². The summed E-state index contributed by atoms with van der Waals surface area (Å²) >= 11 is 1.39. The topological polar surface area (TPSA) is 58.6 Å². The van der Waals surface area contributed by atoms with Gasteiger partial charge in [-0.3, -0.25) is 0 Å². The Morgan fingerprint density at radius 1 is 1.33 bits per heavy atom. The van der Waals surface area contributed by atoms with Gasteiger partial charge in [-0.1, -0.05) is 0 Å². The Labute approximate surface area is 146 Å². The lowest BCUT2D eigenvalue weighted by Gasteiger charge is -2.37. The second-order valence-corrected chi connectivity index (χ2v) is 7.53. The molecule has 2 aromatic heterocycles. The average Bonchev–Trinajstić information content (AvgIpc) is 2.90. The largest absolute Gasteiger partial charge is 0.465 e. The van der Waals surface area contributed by atoms with E-state index in [1.54, 1.807) is 0 Å². The SMILES string of the molecule is COC(=O)c1sc2nc(C)nc(N3CCCC(N(C)C)C3)c2c1C. The van der Waals surface area contributed by atoms with Gasteiger partial charge in [0.15, 0.2) is 0 Å². The second-order valence-electron chi connectivity index (χ2n) is 6.53. The predicted molar refractivity (Wildman–Crippen MR) is 97.2 cm³/mol. The Morgan fingerprint density at radius 2 is 2.08 bits per heavy atom. The average molecular weight is 348 g/mol. The Balaban J connectivity index is 2.10. The number of likely N-dealkylation sites (N-methyl/N-ethyl adjacent to an activating group) is 1. The first-order valence-electron chi connectivity index (χ1n) is 8.19. The Bertz CT molecular complexity index is 772. The van der Waals surface area contributed by atoms with Gasteiger partial charge in [0, 0.05) is 19.1 Å². The number of thiophene rings is 1. The molecule has 0 aromatic carbocycles. The van der Waals surface area contributed by atoms with Gasteiger partial charge in [0.05, 0.1) is 12.5 Å². The summed E-state index contributed by atoms with van der Waals surface area (Å²) < 4.78 is 4.91. The number of hydrogen-bond acceptors (Lipinski definition) is 7. The number of aromatic nitrogens is 2. The van der Waals surface area contributed by atoms with Crippen LogP contribution in [0.15, 0.2) is 0 Å². The smallest absolute Gasteiger partial charge is 0.348 e. The number of nitrogens with zero attached hydrogens (tertiary/aromatic N) is 4. The van der Waals surface area contributed by atoms with Gasteiger partial charge in [0.2, 0.25) is 0 Å². The molecule has 0 N–H and O–H groups in total. The lowest BCUT2D eigenvalue weighted by Crippen LogP contribution is -2.45. The van der Waals surface area contributed by atoms with Gasteiger partial charge in [-0.05, 0) is 46.3 Å². The molecule has 3 heterocycles. The number of carbonyl (C=O) groups is 1. The fourth-order valence-electron chi connectivity index (χ4n) is 3.31. The summed E-state index contributed by atoms with van der Waals surface area (Å²) in [6.07, 6.45) is 2.34. The lowest BCUT2D eigenvalue weighted by molar-refractivity contribution is 0.0605. The van der Waals surface area contributed by atoms with Crippen molar-refractivity contribution < 1.29 is 9.53 Å². The van der Waals surface area contributed by atoms with Crippen molar-refractivity contribution in [1.29, 1.82) is 0 Å². The summed E-state index contributed by atoms with van der Waals surface area (Å²) in [5.74, 6) is 1.39. The van der Waals surface area contributed by atoms with Crippen molar-refractivity contribution in [3.8, 4) is 0 Å². The number of hydrogen-bond donors (Lipinski definition) is 0. The summed E-state index contributed by atoms with van der Waals surface area (Å²) in [6.45, 7) is 5.80. The number of anilines is 1. The predicted octanol–water partition coefficient (Wildman–Crippen LogP) is 2.63. The maximum atomic E-state index is 12.0. The minimum atomic E-state index is -0.302. The highest BCUT2D eigenvalue weighted by Crippen LogP contribution is 2.36. The van der Waals surface area contributed by atoms with Crippen LogP contribution in [-0.4, -0.2) is 61.2 Å². The zero-order valence-electron chi connectivity index (χ0n) is 14.9. The van der Waals surface area contributed by atoms with Gasteiger partial charge in [-0.15, -0.1) is 11.3 Å². The summed E-state index contributed by atoms with van der Waals surface area (Å²) in [5, 5.41) is 0.991. The zero-order valence-corrected chi connectivity index (χ0v) is 15.7. The van der Waals surface area contributed by atoms with Crippen LogP contribution in [0.25, 0.3) is 10.2 Å². The van der Waals surface area contributed by atoms with E-state index in [4.69, 9.17) is 9.72 Å². The Kier molecular flexibility index (Phi) is 4.73. The number of rotatable bonds is 3. The number of fused-ring (bicyclic) bond motifs is 1. The molecular weight excluding hydrogens is 324 g/mol. The van der Waals surface area contributed by atoms with Crippen LogP contribution < -0.4 is 4.90 Å². The Morgan fingerprint density at radius 3 is 2.75 bits per heavy atom. The van der Waals surface area contributed by atoms with Crippen LogP contribution in [0.4, 0.5) is 5.82 Å². The molecule has 24 heavy (non-hydrogen) atoms. The van der Waals surface area contributed by atoms with Crippen LogP contribution in [0.1, 0.15) is 33.9 Å². The third-order valence-electron chi connectivity index (χ3n) is 4.68. The van der Waals surface area contributed by atoms with Gasteiger partial charge < -0.3 is 14.5 Å². The highest BCUT2D eigenvalue weighted by molar-refractivity contribution is 7.20. The Hall–Kier alpha value is -1.73. The van der Waals surface area contributed by atoms with Crippen LogP contribution in [0, 0.1) is 13.8 Å². The lowest BCUT2D eigenvalue weighted by atomic mass is 10.0. The first-order chi connectivity index (χ1) is 11.4. The zero-order chi connectivity index (χ0) is 17.4. The van der Waals surface area contributed by atoms with Crippen LogP contribution in [0.5, 0.6) is 0 Å². The van der Waals surface area contributed by atoms with Crippen LogP contribution in [0.2, 0.25) is 0 Å². The molecule has 0 spiro atoms. The van der Waals surface area contributed by atoms with Crippen LogP contribution >= 0.6 is 11.3 Å². The normalized spacial score (nSPS) is 18.4. The van der Waals surface area contributed by atoms with E-state index in [1.165, 1.54) is 24.9 Å². The van der Waals surface area contributed by atoms with E-state index >= 15 is 0 Å². The first-order valence-corrected chi connectivity index (χ1v) is 9.01. The molecule has 0 amide bonds. The van der Waals surface area contributed by atoms with Crippen molar-refractivity contribution in [3.63, 3.8) is 0 Å². The van der Waals surface area contributed by atoms with E-state index in [9.17, 15) is 4.79 Å². The molecule has 0 aliphatic carbocycles. The van der Waals surface area contributed by atoms with Gasteiger partial charge in [0.1, 0.15) is 21.3 Å². The molecule has 2 aromatic rings. The quantitative estimate of drug-likeness (QED) is 0.795. The molecule has 0 radical (unpaired) electrons. The molecule has 1 unspecified atom stereocenters.